The number of benzene rings is 1. The first kappa shape index (κ1) is 16.4. The monoisotopic (exact) mass is 335 g/mol. The van der Waals surface area contributed by atoms with Gasteiger partial charge >= 0.3 is 0 Å². The van der Waals surface area contributed by atoms with Gasteiger partial charge in [0.25, 0.3) is 0 Å². The van der Waals surface area contributed by atoms with Gasteiger partial charge in [-0.1, -0.05) is 28.9 Å². The normalized spacial score (nSPS) is 18.2. The third-order valence-electron chi connectivity index (χ3n) is 4.53. The summed E-state index contributed by atoms with van der Waals surface area (Å²) in [7, 11) is 1.63. The van der Waals surface area contributed by atoms with E-state index >= 15 is 0 Å². The zero-order chi connectivity index (χ0) is 16.2. The number of hydrogen-bond acceptors (Lipinski definition) is 5. The molecule has 0 bridgehead atoms. The summed E-state index contributed by atoms with van der Waals surface area (Å²) < 4.78 is 10.4. The molecule has 2 heterocycles. The fraction of sp³-hybridized carbons (Fsp3) is 0.529. The van der Waals surface area contributed by atoms with Crippen molar-refractivity contribution < 1.29 is 9.26 Å². The predicted octanol–water partition coefficient (Wildman–Crippen LogP) is 3.81. The number of piperidine rings is 1. The lowest BCUT2D eigenvalue weighted by Gasteiger charge is -2.34. The summed E-state index contributed by atoms with van der Waals surface area (Å²) in [6.07, 6.45) is 2.26. The van der Waals surface area contributed by atoms with Gasteiger partial charge in [-0.05, 0) is 56.5 Å². The number of ether oxygens (including phenoxy) is 1. The Bertz CT molecular complexity index is 621. The summed E-state index contributed by atoms with van der Waals surface area (Å²) in [6, 6.07) is 8.37. The molecule has 124 valence electrons. The molecule has 1 saturated heterocycles. The van der Waals surface area contributed by atoms with Crippen molar-refractivity contribution in [2.45, 2.75) is 38.3 Å². The molecule has 0 unspecified atom stereocenters. The lowest BCUT2D eigenvalue weighted by molar-refractivity contribution is 0.136. The molecule has 23 heavy (non-hydrogen) atoms. The van der Waals surface area contributed by atoms with E-state index in [4.69, 9.17) is 20.9 Å². The number of likely N-dealkylation sites (tertiary alicyclic amines) is 1. The molecule has 1 aromatic carbocycles. The van der Waals surface area contributed by atoms with Crippen LogP contribution < -0.4 is 0 Å². The Hall–Kier alpha value is -1.43. The number of aromatic nitrogens is 2. The summed E-state index contributed by atoms with van der Waals surface area (Å²) in [5.74, 6) is 1.87. The van der Waals surface area contributed by atoms with Crippen LogP contribution in [0.5, 0.6) is 0 Å². The van der Waals surface area contributed by atoms with Crippen molar-refractivity contribution in [1.82, 2.24) is 15.0 Å². The first-order chi connectivity index (χ1) is 11.2. The van der Waals surface area contributed by atoms with Gasteiger partial charge in [0.2, 0.25) is 5.89 Å². The second-order valence-electron chi connectivity index (χ2n) is 6.02. The van der Waals surface area contributed by atoms with Gasteiger partial charge in [-0.3, -0.25) is 4.90 Å². The predicted molar refractivity (Wildman–Crippen MR) is 88.4 cm³/mol. The maximum atomic E-state index is 5.97. The number of rotatable bonds is 5. The van der Waals surface area contributed by atoms with Gasteiger partial charge < -0.3 is 9.26 Å². The van der Waals surface area contributed by atoms with Crippen molar-refractivity contribution in [3.05, 3.63) is 46.6 Å². The van der Waals surface area contributed by atoms with E-state index in [1.807, 2.05) is 12.1 Å². The molecular weight excluding hydrogens is 314 g/mol. The summed E-state index contributed by atoms with van der Waals surface area (Å²) in [4.78, 5) is 6.80. The van der Waals surface area contributed by atoms with Gasteiger partial charge in [-0.2, -0.15) is 4.98 Å². The summed E-state index contributed by atoms with van der Waals surface area (Å²) in [5.41, 5.74) is 1.38. The molecule has 0 amide bonds. The summed E-state index contributed by atoms with van der Waals surface area (Å²) in [6.45, 7) is 4.55. The van der Waals surface area contributed by atoms with E-state index < -0.39 is 0 Å². The smallest absolute Gasteiger partial charge is 0.243 e. The van der Waals surface area contributed by atoms with Crippen LogP contribution in [0.15, 0.2) is 28.8 Å². The second-order valence-corrected chi connectivity index (χ2v) is 6.46. The molecule has 0 aliphatic carbocycles. The zero-order valence-electron chi connectivity index (χ0n) is 13.5. The van der Waals surface area contributed by atoms with Crippen LogP contribution in [0.25, 0.3) is 0 Å². The van der Waals surface area contributed by atoms with Crippen molar-refractivity contribution in [2.24, 2.45) is 0 Å². The van der Waals surface area contributed by atoms with E-state index in [0.29, 0.717) is 24.2 Å². The number of halogens is 1. The topological polar surface area (TPSA) is 51.4 Å². The average molecular weight is 336 g/mol. The van der Waals surface area contributed by atoms with Gasteiger partial charge in [0, 0.05) is 12.1 Å². The molecule has 0 spiro atoms. The van der Waals surface area contributed by atoms with Crippen molar-refractivity contribution in [3.63, 3.8) is 0 Å². The Labute approximate surface area is 141 Å². The van der Waals surface area contributed by atoms with Crippen molar-refractivity contribution in [3.8, 4) is 0 Å². The second kappa shape index (κ2) is 7.43. The molecule has 0 radical (unpaired) electrons. The van der Waals surface area contributed by atoms with Crippen LogP contribution >= 0.6 is 11.6 Å². The average Bonchev–Trinajstić information content (AvgIpc) is 3.04. The molecular formula is C17H22ClN3O2. The van der Waals surface area contributed by atoms with Crippen LogP contribution in [0, 0.1) is 0 Å². The van der Waals surface area contributed by atoms with E-state index in [2.05, 4.69) is 34.1 Å². The molecule has 0 saturated carbocycles. The Morgan fingerprint density at radius 3 is 2.65 bits per heavy atom. The number of hydrogen-bond donors (Lipinski definition) is 0. The molecule has 3 rings (SSSR count). The largest absolute Gasteiger partial charge is 0.377 e. The highest BCUT2D eigenvalue weighted by Gasteiger charge is 2.27. The molecule has 2 aromatic rings. The van der Waals surface area contributed by atoms with Gasteiger partial charge in [0.1, 0.15) is 6.61 Å². The lowest BCUT2D eigenvalue weighted by Crippen LogP contribution is -2.35. The van der Waals surface area contributed by atoms with Crippen molar-refractivity contribution in [1.29, 1.82) is 0 Å². The minimum absolute atomic E-state index is 0.138. The van der Waals surface area contributed by atoms with Crippen molar-refractivity contribution >= 4 is 11.6 Å². The van der Waals surface area contributed by atoms with Crippen LogP contribution in [0.2, 0.25) is 5.02 Å². The van der Waals surface area contributed by atoms with E-state index in [1.54, 1.807) is 7.11 Å². The zero-order valence-corrected chi connectivity index (χ0v) is 14.3. The fourth-order valence-corrected chi connectivity index (χ4v) is 3.26. The maximum Gasteiger partial charge on any atom is 0.243 e. The maximum absolute atomic E-state index is 5.97. The Balaban J connectivity index is 1.58. The highest BCUT2D eigenvalue weighted by molar-refractivity contribution is 6.30. The van der Waals surface area contributed by atoms with Crippen LogP contribution in [-0.2, 0) is 11.3 Å². The third-order valence-corrected chi connectivity index (χ3v) is 4.79. The Morgan fingerprint density at radius 2 is 2.00 bits per heavy atom. The highest BCUT2D eigenvalue weighted by Crippen LogP contribution is 2.32. The van der Waals surface area contributed by atoms with Crippen LogP contribution in [0.1, 0.15) is 49.0 Å². The molecule has 6 heteroatoms. The molecule has 1 aromatic heterocycles. The van der Waals surface area contributed by atoms with Crippen LogP contribution in [0.3, 0.4) is 0 Å². The minimum atomic E-state index is 0.138. The van der Waals surface area contributed by atoms with Gasteiger partial charge in [-0.15, -0.1) is 0 Å². The molecule has 1 aliphatic heterocycles. The van der Waals surface area contributed by atoms with Gasteiger partial charge in [0.05, 0.1) is 6.04 Å². The summed E-state index contributed by atoms with van der Waals surface area (Å²) >= 11 is 5.97. The van der Waals surface area contributed by atoms with E-state index in [9.17, 15) is 0 Å². The highest BCUT2D eigenvalue weighted by atomic mass is 35.5. The van der Waals surface area contributed by atoms with Crippen LogP contribution in [0.4, 0.5) is 0 Å². The molecule has 1 atom stereocenters. The van der Waals surface area contributed by atoms with E-state index in [1.165, 1.54) is 5.56 Å². The standard InChI is InChI=1S/C17H22ClN3O2/c1-12(17-19-16(11-22-2)20-23-17)21-9-7-14(8-10-21)13-3-5-15(18)6-4-13/h3-6,12,14H,7-11H2,1-2H3/t12-/m0/s1. The first-order valence-corrected chi connectivity index (χ1v) is 8.36. The van der Waals surface area contributed by atoms with Crippen molar-refractivity contribution in [2.75, 3.05) is 20.2 Å². The SMILES string of the molecule is COCc1noc([C@H](C)N2CCC(c3ccc(Cl)cc3)CC2)n1. The molecule has 0 N–H and O–H groups in total. The number of nitrogens with zero attached hydrogens (tertiary/aromatic N) is 3. The fourth-order valence-electron chi connectivity index (χ4n) is 3.14. The van der Waals surface area contributed by atoms with E-state index in [-0.39, 0.29) is 6.04 Å². The molecule has 5 nitrogen and oxygen atoms in total. The van der Waals surface area contributed by atoms with Gasteiger partial charge in [0.15, 0.2) is 5.82 Å². The first-order valence-electron chi connectivity index (χ1n) is 7.98. The number of methoxy groups -OCH3 is 1. The van der Waals surface area contributed by atoms with E-state index in [0.717, 1.165) is 31.0 Å². The Kier molecular flexibility index (Phi) is 5.30. The molecule has 1 aliphatic rings. The molecule has 1 fully saturated rings. The van der Waals surface area contributed by atoms with Gasteiger partial charge in [-0.25, -0.2) is 0 Å². The summed E-state index contributed by atoms with van der Waals surface area (Å²) in [5, 5.41) is 4.74. The third kappa shape index (κ3) is 3.91. The minimum Gasteiger partial charge on any atom is -0.377 e. The Morgan fingerprint density at radius 1 is 1.30 bits per heavy atom. The lowest BCUT2D eigenvalue weighted by atomic mass is 9.89. The van der Waals surface area contributed by atoms with Crippen LogP contribution in [-0.4, -0.2) is 35.2 Å². The quantitative estimate of drug-likeness (QED) is 0.831.